The average Bonchev–Trinajstić information content (AvgIpc) is 2.87. The molecule has 0 aromatic heterocycles. The van der Waals surface area contributed by atoms with E-state index in [9.17, 15) is 9.35 Å². The normalized spacial score (nSPS) is 25.8. The van der Waals surface area contributed by atoms with Crippen molar-refractivity contribution in [3.63, 3.8) is 0 Å². The van der Waals surface area contributed by atoms with Gasteiger partial charge in [-0.2, -0.15) is 0 Å². The SMILES string of the molecule is CC(C)(C)OC(=O)N1CCC2(CCCC2)C(N[S@+]([O-])C(C)(C)C)C1. The van der Waals surface area contributed by atoms with Crippen LogP contribution in [0.25, 0.3) is 0 Å². The summed E-state index contributed by atoms with van der Waals surface area (Å²) < 4.78 is 21.2. The van der Waals surface area contributed by atoms with E-state index in [4.69, 9.17) is 4.74 Å². The van der Waals surface area contributed by atoms with Gasteiger partial charge in [-0.3, -0.25) is 0 Å². The molecular formula is C18H34N2O3S. The highest BCUT2D eigenvalue weighted by Gasteiger charge is 2.49. The minimum absolute atomic E-state index is 0.0707. The lowest BCUT2D eigenvalue weighted by atomic mass is 9.73. The molecule has 1 saturated heterocycles. The molecule has 0 aromatic rings. The Hall–Kier alpha value is -0.460. The van der Waals surface area contributed by atoms with Crippen molar-refractivity contribution < 1.29 is 14.1 Å². The standard InChI is InChI=1S/C18H34N2O3S/c1-16(2,3)23-15(21)20-12-11-18(9-7-8-10-18)14(13-20)19-24(22)17(4,5)6/h14,19H,7-13H2,1-6H3/t14?,24-/m1/s1. The van der Waals surface area contributed by atoms with Gasteiger partial charge in [0.1, 0.15) is 10.3 Å². The van der Waals surface area contributed by atoms with E-state index in [1.165, 1.54) is 12.8 Å². The lowest BCUT2D eigenvalue weighted by Crippen LogP contribution is -2.60. The van der Waals surface area contributed by atoms with Gasteiger partial charge in [-0.05, 0) is 66.2 Å². The number of rotatable bonds is 2. The van der Waals surface area contributed by atoms with Gasteiger partial charge in [0.05, 0.1) is 6.04 Å². The number of hydrogen-bond donors (Lipinski definition) is 1. The lowest BCUT2D eigenvalue weighted by Gasteiger charge is -2.46. The summed E-state index contributed by atoms with van der Waals surface area (Å²) in [6.07, 6.45) is 5.48. The largest absolute Gasteiger partial charge is 0.598 e. The zero-order valence-corrected chi connectivity index (χ0v) is 16.9. The van der Waals surface area contributed by atoms with Crippen molar-refractivity contribution in [3.8, 4) is 0 Å². The van der Waals surface area contributed by atoms with Crippen LogP contribution in [-0.2, 0) is 16.1 Å². The zero-order valence-electron chi connectivity index (χ0n) is 16.1. The number of nitrogens with zero attached hydrogens (tertiary/aromatic N) is 1. The van der Waals surface area contributed by atoms with Gasteiger partial charge in [0.15, 0.2) is 0 Å². The highest BCUT2D eigenvalue weighted by atomic mass is 32.2. The molecule has 5 nitrogen and oxygen atoms in total. The molecule has 2 atom stereocenters. The number of carbonyl (C=O) groups excluding carboxylic acids is 1. The van der Waals surface area contributed by atoms with Gasteiger partial charge in [0.25, 0.3) is 0 Å². The molecule has 1 aliphatic carbocycles. The second-order valence-electron chi connectivity index (χ2n) is 9.30. The Labute approximate surface area is 150 Å². The van der Waals surface area contributed by atoms with E-state index in [0.717, 1.165) is 25.8 Å². The predicted molar refractivity (Wildman–Crippen MR) is 98.1 cm³/mol. The third-order valence-corrected chi connectivity index (χ3v) is 6.69. The summed E-state index contributed by atoms with van der Waals surface area (Å²) in [7, 11) is 0. The van der Waals surface area contributed by atoms with Gasteiger partial charge in [-0.25, -0.2) is 4.79 Å². The molecule has 6 heteroatoms. The number of hydrogen-bond acceptors (Lipinski definition) is 4. The van der Waals surface area contributed by atoms with E-state index in [2.05, 4.69) is 4.72 Å². The van der Waals surface area contributed by atoms with Crippen molar-refractivity contribution in [2.75, 3.05) is 13.1 Å². The molecule has 0 bridgehead atoms. The fraction of sp³-hybridized carbons (Fsp3) is 0.944. The first-order valence-corrected chi connectivity index (χ1v) is 10.2. The smallest absolute Gasteiger partial charge is 0.410 e. The quantitative estimate of drug-likeness (QED) is 0.766. The minimum Gasteiger partial charge on any atom is -0.598 e. The van der Waals surface area contributed by atoms with Crippen molar-refractivity contribution in [1.82, 2.24) is 9.62 Å². The maximum absolute atomic E-state index is 12.6. The van der Waals surface area contributed by atoms with Crippen LogP contribution in [0.2, 0.25) is 0 Å². The number of carbonyl (C=O) groups is 1. The Morgan fingerprint density at radius 2 is 1.75 bits per heavy atom. The Morgan fingerprint density at radius 1 is 1.17 bits per heavy atom. The van der Waals surface area contributed by atoms with Crippen LogP contribution in [0.1, 0.15) is 73.6 Å². The van der Waals surface area contributed by atoms with Gasteiger partial charge < -0.3 is 14.2 Å². The first kappa shape index (κ1) is 19.9. The zero-order chi connectivity index (χ0) is 18.2. The predicted octanol–water partition coefficient (Wildman–Crippen LogP) is 3.61. The fourth-order valence-electron chi connectivity index (χ4n) is 3.68. The molecule has 1 amide bonds. The summed E-state index contributed by atoms with van der Waals surface area (Å²) in [6.45, 7) is 12.9. The number of ether oxygens (including phenoxy) is 1. The molecule has 1 N–H and O–H groups in total. The maximum Gasteiger partial charge on any atom is 0.410 e. The van der Waals surface area contributed by atoms with Crippen molar-refractivity contribution >= 4 is 17.5 Å². The first-order chi connectivity index (χ1) is 10.9. The van der Waals surface area contributed by atoms with Crippen LogP contribution in [0, 0.1) is 5.41 Å². The Bertz CT molecular complexity index is 450. The van der Waals surface area contributed by atoms with Crippen molar-refractivity contribution in [2.24, 2.45) is 5.41 Å². The molecule has 1 aliphatic heterocycles. The molecule has 0 radical (unpaired) electrons. The van der Waals surface area contributed by atoms with Crippen LogP contribution in [-0.4, -0.2) is 45.0 Å². The van der Waals surface area contributed by atoms with Crippen molar-refractivity contribution in [1.29, 1.82) is 0 Å². The van der Waals surface area contributed by atoms with Crippen molar-refractivity contribution in [2.45, 2.75) is 90.0 Å². The molecule has 1 heterocycles. The summed E-state index contributed by atoms with van der Waals surface area (Å²) in [5.74, 6) is 0. The third kappa shape index (κ3) is 4.79. The Balaban J connectivity index is 2.10. The number of piperidine rings is 1. The van der Waals surface area contributed by atoms with Crippen LogP contribution in [0.3, 0.4) is 0 Å². The second kappa shape index (κ2) is 7.04. The minimum atomic E-state index is -1.13. The topological polar surface area (TPSA) is 64.6 Å². The van der Waals surface area contributed by atoms with Gasteiger partial charge in [0, 0.05) is 24.5 Å². The van der Waals surface area contributed by atoms with Crippen LogP contribution < -0.4 is 4.72 Å². The van der Waals surface area contributed by atoms with Crippen LogP contribution in [0.5, 0.6) is 0 Å². The van der Waals surface area contributed by atoms with Gasteiger partial charge in [-0.15, -0.1) is 4.72 Å². The molecule has 140 valence electrons. The molecule has 1 spiro atoms. The van der Waals surface area contributed by atoms with E-state index in [-0.39, 0.29) is 22.3 Å². The van der Waals surface area contributed by atoms with E-state index in [1.54, 1.807) is 4.90 Å². The number of amides is 1. The van der Waals surface area contributed by atoms with E-state index >= 15 is 0 Å². The first-order valence-electron chi connectivity index (χ1n) is 9.09. The summed E-state index contributed by atoms with van der Waals surface area (Å²) in [5.41, 5.74) is -0.309. The fourth-order valence-corrected chi connectivity index (χ4v) is 4.61. The molecule has 2 rings (SSSR count). The van der Waals surface area contributed by atoms with Crippen LogP contribution in [0.4, 0.5) is 4.79 Å². The van der Waals surface area contributed by atoms with Gasteiger partial charge in [-0.1, -0.05) is 12.8 Å². The van der Waals surface area contributed by atoms with Crippen LogP contribution >= 0.6 is 0 Å². The molecule has 1 saturated carbocycles. The Morgan fingerprint density at radius 3 is 2.25 bits per heavy atom. The molecule has 2 aliphatic rings. The number of likely N-dealkylation sites (tertiary alicyclic amines) is 1. The van der Waals surface area contributed by atoms with E-state index in [0.29, 0.717) is 6.54 Å². The van der Waals surface area contributed by atoms with Crippen molar-refractivity contribution in [3.05, 3.63) is 0 Å². The maximum atomic E-state index is 12.6. The summed E-state index contributed by atoms with van der Waals surface area (Å²) in [5, 5.41) is 0. The van der Waals surface area contributed by atoms with E-state index < -0.39 is 17.0 Å². The third-order valence-electron chi connectivity index (χ3n) is 5.08. The van der Waals surface area contributed by atoms with E-state index in [1.807, 2.05) is 41.5 Å². The van der Waals surface area contributed by atoms with Crippen LogP contribution in [0.15, 0.2) is 0 Å². The summed E-state index contributed by atoms with van der Waals surface area (Å²) in [4.78, 5) is 14.2. The summed E-state index contributed by atoms with van der Waals surface area (Å²) >= 11 is -1.13. The van der Waals surface area contributed by atoms with Gasteiger partial charge >= 0.3 is 6.09 Å². The molecule has 2 fully saturated rings. The molecule has 0 aromatic carbocycles. The number of nitrogens with one attached hydrogen (secondary N) is 1. The monoisotopic (exact) mass is 358 g/mol. The molecule has 24 heavy (non-hydrogen) atoms. The highest BCUT2D eigenvalue weighted by molar-refractivity contribution is 7.90. The highest BCUT2D eigenvalue weighted by Crippen LogP contribution is 2.47. The Kier molecular flexibility index (Phi) is 5.83. The van der Waals surface area contributed by atoms with Gasteiger partial charge in [0.2, 0.25) is 0 Å². The summed E-state index contributed by atoms with van der Waals surface area (Å²) in [6, 6.07) is 0.0707. The lowest BCUT2D eigenvalue weighted by molar-refractivity contribution is 0.00366. The second-order valence-corrected chi connectivity index (χ2v) is 11.3. The molecule has 1 unspecified atom stereocenters. The average molecular weight is 359 g/mol. The molecular weight excluding hydrogens is 324 g/mol.